The highest BCUT2D eigenvalue weighted by atomic mass is 16.8. The van der Waals surface area contributed by atoms with Gasteiger partial charge in [-0.1, -0.05) is 27.0 Å². The summed E-state index contributed by atoms with van der Waals surface area (Å²) in [6, 6.07) is 0. The number of ether oxygens (including phenoxy) is 10. The lowest BCUT2D eigenvalue weighted by atomic mass is 9.79. The summed E-state index contributed by atoms with van der Waals surface area (Å²) in [5, 5.41) is 20.6. The van der Waals surface area contributed by atoms with E-state index in [4.69, 9.17) is 47.4 Å². The van der Waals surface area contributed by atoms with Gasteiger partial charge >= 0.3 is 5.97 Å². The maximum absolute atomic E-state index is 14.0. The van der Waals surface area contributed by atoms with Gasteiger partial charge in [-0.05, 0) is 68.4 Å². The van der Waals surface area contributed by atoms with Gasteiger partial charge in [-0.15, -0.1) is 0 Å². The van der Waals surface area contributed by atoms with E-state index in [0.717, 1.165) is 49.7 Å². The Kier molecular flexibility index (Phi) is 10.1. The van der Waals surface area contributed by atoms with Gasteiger partial charge in [0.1, 0.15) is 36.6 Å². The van der Waals surface area contributed by atoms with Crippen LogP contribution in [0.2, 0.25) is 0 Å². The van der Waals surface area contributed by atoms with Gasteiger partial charge in [0, 0.05) is 38.2 Å². The molecule has 13 nitrogen and oxygen atoms in total. The highest BCUT2D eigenvalue weighted by Gasteiger charge is 2.69. The van der Waals surface area contributed by atoms with Crippen molar-refractivity contribution in [2.45, 2.75) is 213 Å². The molecule has 0 radical (unpaired) electrons. The van der Waals surface area contributed by atoms with Crippen molar-refractivity contribution in [1.82, 2.24) is 0 Å². The molecule has 11 saturated heterocycles. The SMILES string of the molecule is C=C1C[C@@H]2CC[C@@]34C[C@@H]5O[C@@H]6[C@@H](O[C@H]7CC[C@H](CC(=O)O[C@@H]8[C@@H](C)[C@@H]9O[C@H](CCO)[C@H](O)C[C@@H]9O[C@H]8C[C@H]8O[C@@H](CC[C@@H]1O2)C[C@@H](C)C8=C)O[C@@H]7[C@@H]6O3)[C@H]5O4. The summed E-state index contributed by atoms with van der Waals surface area (Å²) in [7, 11) is 0. The molecule has 11 heterocycles. The van der Waals surface area contributed by atoms with E-state index in [1.165, 1.54) is 0 Å². The third-order valence-electron chi connectivity index (χ3n) is 14.8. The van der Waals surface area contributed by atoms with Crippen molar-refractivity contribution in [2.75, 3.05) is 6.61 Å². The Bertz CT molecular complexity index is 1490. The minimum Gasteiger partial charge on any atom is -0.459 e. The monoisotopic (exact) mass is 772 g/mol. The molecule has 0 aromatic carbocycles. The van der Waals surface area contributed by atoms with Crippen LogP contribution in [-0.2, 0) is 52.2 Å². The van der Waals surface area contributed by atoms with E-state index in [1.807, 2.05) is 6.92 Å². The van der Waals surface area contributed by atoms with Gasteiger partial charge in [-0.2, -0.15) is 0 Å². The largest absolute Gasteiger partial charge is 0.459 e. The van der Waals surface area contributed by atoms with Gasteiger partial charge < -0.3 is 57.6 Å². The molecule has 0 aromatic heterocycles. The second kappa shape index (κ2) is 14.7. The number of fused-ring (bicyclic) bond motifs is 7. The van der Waals surface area contributed by atoms with Crippen LogP contribution in [0.3, 0.4) is 0 Å². The number of hydrogen-bond donors (Lipinski definition) is 2. The maximum Gasteiger partial charge on any atom is 0.308 e. The quantitative estimate of drug-likeness (QED) is 0.312. The van der Waals surface area contributed by atoms with Crippen molar-refractivity contribution in [3.8, 4) is 0 Å². The molecule has 0 aliphatic carbocycles. The predicted molar refractivity (Wildman–Crippen MR) is 193 cm³/mol. The molecule has 2 N–H and O–H groups in total. The van der Waals surface area contributed by atoms with Gasteiger partial charge in [0.05, 0.1) is 79.7 Å². The number of aliphatic hydroxyl groups excluding tert-OH is 2. The van der Waals surface area contributed by atoms with Crippen LogP contribution in [0.25, 0.3) is 0 Å². The minimum absolute atomic E-state index is 0.00281. The van der Waals surface area contributed by atoms with Crippen LogP contribution in [-0.4, -0.2) is 138 Å². The second-order valence-corrected chi connectivity index (χ2v) is 18.5. The van der Waals surface area contributed by atoms with Crippen LogP contribution < -0.4 is 0 Å². The maximum atomic E-state index is 14.0. The number of aliphatic hydroxyl groups is 2. The molecular weight excluding hydrogens is 712 g/mol. The predicted octanol–water partition coefficient (Wildman–Crippen LogP) is 3.59. The fraction of sp³-hybridized carbons (Fsp3) is 0.881. The Morgan fingerprint density at radius 1 is 0.673 bits per heavy atom. The summed E-state index contributed by atoms with van der Waals surface area (Å²) in [4.78, 5) is 14.0. The topological polar surface area (TPSA) is 150 Å². The zero-order valence-corrected chi connectivity index (χ0v) is 32.2. The smallest absolute Gasteiger partial charge is 0.308 e. The van der Waals surface area contributed by atoms with E-state index in [1.54, 1.807) is 0 Å². The molecule has 11 rings (SSSR count). The molecule has 0 unspecified atom stereocenters. The summed E-state index contributed by atoms with van der Waals surface area (Å²) in [5.41, 5.74) is 2.14. The second-order valence-electron chi connectivity index (χ2n) is 18.5. The molecule has 0 aromatic rings. The molecule has 11 fully saturated rings. The van der Waals surface area contributed by atoms with Crippen molar-refractivity contribution >= 4 is 5.97 Å². The van der Waals surface area contributed by atoms with Gasteiger partial charge in [-0.25, -0.2) is 0 Å². The molecule has 1 spiro atoms. The summed E-state index contributed by atoms with van der Waals surface area (Å²) in [6.45, 7) is 13.1. The first-order valence-electron chi connectivity index (χ1n) is 21.3. The number of carbonyl (C=O) groups excluding carboxylic acids is 1. The first kappa shape index (κ1) is 37.8. The van der Waals surface area contributed by atoms with Crippen molar-refractivity contribution < 1.29 is 62.4 Å². The van der Waals surface area contributed by atoms with E-state index < -0.39 is 48.5 Å². The molecule has 55 heavy (non-hydrogen) atoms. The lowest BCUT2D eigenvalue weighted by molar-refractivity contribution is -0.293. The fourth-order valence-electron chi connectivity index (χ4n) is 11.9. The number of rotatable bonds is 2. The zero-order chi connectivity index (χ0) is 37.7. The zero-order valence-electron chi connectivity index (χ0n) is 32.2. The molecule has 0 saturated carbocycles. The van der Waals surface area contributed by atoms with E-state index in [9.17, 15) is 15.0 Å². The van der Waals surface area contributed by atoms with Gasteiger partial charge in [0.2, 0.25) is 0 Å². The molecule has 13 heteroatoms. The molecule has 11 aliphatic heterocycles. The van der Waals surface area contributed by atoms with E-state index >= 15 is 0 Å². The van der Waals surface area contributed by atoms with E-state index in [0.29, 0.717) is 38.5 Å². The van der Waals surface area contributed by atoms with Crippen LogP contribution in [0.1, 0.15) is 97.3 Å². The number of carbonyl (C=O) groups is 1. The molecule has 11 aliphatic rings. The van der Waals surface area contributed by atoms with E-state index in [-0.39, 0.29) is 98.0 Å². The fourth-order valence-corrected chi connectivity index (χ4v) is 11.9. The summed E-state index contributed by atoms with van der Waals surface area (Å²) in [5.74, 6) is -1.18. The molecule has 12 bridgehead atoms. The van der Waals surface area contributed by atoms with Gasteiger partial charge in [0.15, 0.2) is 5.79 Å². The van der Waals surface area contributed by atoms with Gasteiger partial charge in [0.25, 0.3) is 0 Å². The lowest BCUT2D eigenvalue weighted by Gasteiger charge is -2.51. The van der Waals surface area contributed by atoms with Crippen LogP contribution in [0.15, 0.2) is 24.3 Å². The van der Waals surface area contributed by atoms with Crippen molar-refractivity contribution in [3.63, 3.8) is 0 Å². The first-order valence-corrected chi connectivity index (χ1v) is 21.3. The van der Waals surface area contributed by atoms with E-state index in [2.05, 4.69) is 20.1 Å². The molecular formula is C42H60O13. The van der Waals surface area contributed by atoms with Crippen LogP contribution in [0.4, 0.5) is 0 Å². The molecule has 21 atom stereocenters. The Hall–Kier alpha value is -1.49. The van der Waals surface area contributed by atoms with Crippen LogP contribution in [0.5, 0.6) is 0 Å². The summed E-state index contributed by atoms with van der Waals surface area (Å²) >= 11 is 0. The van der Waals surface area contributed by atoms with Crippen molar-refractivity contribution in [3.05, 3.63) is 24.3 Å². The summed E-state index contributed by atoms with van der Waals surface area (Å²) in [6.07, 6.45) is 2.38. The standard InChI is InChI=1S/C42H60O13/c1-19-13-23-5-7-27-20(2)14-25(46-27)9-11-42-18-33-38(54-42)39-40(52-33)41(55-42)37-29(51-39)8-6-24(48-37)15-34(45)53-36-22(4)35-31(16-26(44)28(50-35)10-12-43)49-32(36)17-30(47-23)21(19)3/h19,22-33,35-41,43-44H,2-3,5-18H2,1,4H3/t19-,22+,23+,24-,25+,26-,27+,28-,29+,30-,31+,32+,33+,35+,36-,37+,38+,39+,40-,41+,42+/m1/s1. The minimum atomic E-state index is -0.808. The molecule has 306 valence electrons. The number of esters is 1. The van der Waals surface area contributed by atoms with Crippen molar-refractivity contribution in [1.29, 1.82) is 0 Å². The highest BCUT2D eigenvalue weighted by molar-refractivity contribution is 5.70. The third-order valence-corrected chi connectivity index (χ3v) is 14.8. The number of hydrogen-bond acceptors (Lipinski definition) is 13. The average Bonchev–Trinajstić information content (AvgIpc) is 3.74. The highest BCUT2D eigenvalue weighted by Crippen LogP contribution is 2.54. The Balaban J connectivity index is 0.934. The average molecular weight is 773 g/mol. The summed E-state index contributed by atoms with van der Waals surface area (Å²) < 4.78 is 66.9. The Labute approximate surface area is 323 Å². The molecule has 0 amide bonds. The first-order chi connectivity index (χ1) is 26.5. The van der Waals surface area contributed by atoms with Gasteiger partial charge in [-0.3, -0.25) is 4.79 Å². The van der Waals surface area contributed by atoms with Crippen LogP contribution >= 0.6 is 0 Å². The van der Waals surface area contributed by atoms with Crippen molar-refractivity contribution in [2.24, 2.45) is 11.8 Å². The third kappa shape index (κ3) is 6.79. The lowest BCUT2D eigenvalue weighted by Crippen LogP contribution is -2.62. The Morgan fingerprint density at radius 2 is 1.42 bits per heavy atom. The normalized spacial score (nSPS) is 54.9. The van der Waals surface area contributed by atoms with Crippen LogP contribution in [0, 0.1) is 11.8 Å². The Morgan fingerprint density at radius 3 is 2.27 bits per heavy atom.